The predicted octanol–water partition coefficient (Wildman–Crippen LogP) is 3.01. The van der Waals surface area contributed by atoms with Crippen molar-refractivity contribution >= 4 is 5.91 Å². The van der Waals surface area contributed by atoms with Crippen LogP contribution in [0.15, 0.2) is 48.5 Å². The number of hydrogen-bond donors (Lipinski definition) is 2. The fourth-order valence-electron chi connectivity index (χ4n) is 2.98. The lowest BCUT2D eigenvalue weighted by molar-refractivity contribution is -0.120. The number of hydrogen-bond acceptors (Lipinski definition) is 3. The van der Waals surface area contributed by atoms with Crippen LogP contribution in [0, 0.1) is 0 Å². The van der Waals surface area contributed by atoms with Crippen molar-refractivity contribution in [2.75, 3.05) is 13.2 Å². The van der Waals surface area contributed by atoms with Crippen molar-refractivity contribution in [3.63, 3.8) is 0 Å². The summed E-state index contributed by atoms with van der Waals surface area (Å²) < 4.78 is 5.62. The molecule has 3 rings (SSSR count). The highest BCUT2D eigenvalue weighted by Gasteiger charge is 2.21. The second-order valence-electron chi connectivity index (χ2n) is 5.86. The molecular formula is C19H21NO3. The van der Waals surface area contributed by atoms with Crippen LogP contribution in [-0.2, 0) is 11.2 Å². The Kier molecular flexibility index (Phi) is 4.81. The number of phenolic OH excluding ortho intramolecular Hbond substituents is 1. The van der Waals surface area contributed by atoms with Crippen LogP contribution in [0.2, 0.25) is 0 Å². The van der Waals surface area contributed by atoms with Gasteiger partial charge in [0.2, 0.25) is 5.91 Å². The number of carbonyl (C=O) groups is 1. The van der Waals surface area contributed by atoms with E-state index in [1.54, 1.807) is 12.1 Å². The monoisotopic (exact) mass is 311 g/mol. The molecule has 0 spiro atoms. The lowest BCUT2D eigenvalue weighted by Crippen LogP contribution is -2.28. The molecule has 2 N–H and O–H groups in total. The van der Waals surface area contributed by atoms with E-state index in [1.165, 1.54) is 0 Å². The molecule has 0 aromatic heterocycles. The third-order valence-corrected chi connectivity index (χ3v) is 4.18. The Hall–Kier alpha value is -2.49. The molecule has 0 saturated carbocycles. The number of carbonyl (C=O) groups excluding carboxylic acids is 1. The Labute approximate surface area is 136 Å². The Bertz CT molecular complexity index is 670. The summed E-state index contributed by atoms with van der Waals surface area (Å²) in [5, 5.41) is 12.6. The molecule has 1 aliphatic rings. The molecule has 0 bridgehead atoms. The van der Waals surface area contributed by atoms with Crippen LogP contribution in [0.4, 0.5) is 0 Å². The molecule has 1 unspecified atom stereocenters. The number of benzene rings is 2. The summed E-state index contributed by atoms with van der Waals surface area (Å²) >= 11 is 0. The Morgan fingerprint density at radius 1 is 1.22 bits per heavy atom. The third kappa shape index (κ3) is 4.03. The van der Waals surface area contributed by atoms with Gasteiger partial charge in [0, 0.05) is 12.1 Å². The van der Waals surface area contributed by atoms with Crippen molar-refractivity contribution in [2.24, 2.45) is 0 Å². The van der Waals surface area contributed by atoms with Gasteiger partial charge < -0.3 is 15.2 Å². The van der Waals surface area contributed by atoms with Crippen molar-refractivity contribution in [3.05, 3.63) is 59.7 Å². The fraction of sp³-hybridized carbons (Fsp3) is 0.316. The first kappa shape index (κ1) is 15.4. The Balaban J connectivity index is 1.52. The zero-order valence-corrected chi connectivity index (χ0v) is 13.0. The molecule has 0 aliphatic carbocycles. The maximum Gasteiger partial charge on any atom is 0.224 e. The first-order valence-electron chi connectivity index (χ1n) is 7.99. The van der Waals surface area contributed by atoms with Gasteiger partial charge in [-0.1, -0.05) is 30.3 Å². The van der Waals surface area contributed by atoms with Crippen LogP contribution in [0.5, 0.6) is 11.5 Å². The quantitative estimate of drug-likeness (QED) is 0.892. The molecule has 1 heterocycles. The maximum atomic E-state index is 12.0. The van der Waals surface area contributed by atoms with Crippen LogP contribution in [0.3, 0.4) is 0 Å². The molecule has 1 amide bonds. The van der Waals surface area contributed by atoms with Crippen molar-refractivity contribution in [3.8, 4) is 11.5 Å². The molecule has 1 atom stereocenters. The summed E-state index contributed by atoms with van der Waals surface area (Å²) in [6.07, 6.45) is 2.16. The highest BCUT2D eigenvalue weighted by atomic mass is 16.5. The van der Waals surface area contributed by atoms with E-state index < -0.39 is 0 Å². The summed E-state index contributed by atoms with van der Waals surface area (Å²) in [7, 11) is 0. The standard InChI is InChI=1S/C19H21NO3/c21-16-6-7-18-17(13-16)15(9-11-23-18)8-10-20-19(22)12-14-4-2-1-3-5-14/h1-7,13,15,21H,8-12H2,(H,20,22). The second-order valence-corrected chi connectivity index (χ2v) is 5.86. The minimum Gasteiger partial charge on any atom is -0.508 e. The molecule has 4 nitrogen and oxygen atoms in total. The van der Waals surface area contributed by atoms with E-state index in [0.717, 1.165) is 29.7 Å². The van der Waals surface area contributed by atoms with Gasteiger partial charge in [-0.05, 0) is 42.5 Å². The minimum absolute atomic E-state index is 0.0411. The van der Waals surface area contributed by atoms with Gasteiger partial charge in [0.1, 0.15) is 11.5 Å². The van der Waals surface area contributed by atoms with Crippen molar-refractivity contribution in [1.29, 1.82) is 0 Å². The van der Waals surface area contributed by atoms with E-state index in [9.17, 15) is 9.90 Å². The largest absolute Gasteiger partial charge is 0.508 e. The maximum absolute atomic E-state index is 12.0. The number of amides is 1. The lowest BCUT2D eigenvalue weighted by Gasteiger charge is -2.26. The topological polar surface area (TPSA) is 58.6 Å². The van der Waals surface area contributed by atoms with Crippen LogP contribution in [0.1, 0.15) is 29.9 Å². The van der Waals surface area contributed by atoms with Gasteiger partial charge in [0.25, 0.3) is 0 Å². The Morgan fingerprint density at radius 2 is 2.04 bits per heavy atom. The molecule has 23 heavy (non-hydrogen) atoms. The van der Waals surface area contributed by atoms with E-state index in [2.05, 4.69) is 5.32 Å². The minimum atomic E-state index is 0.0411. The van der Waals surface area contributed by atoms with Crippen molar-refractivity contribution in [2.45, 2.75) is 25.2 Å². The Morgan fingerprint density at radius 3 is 2.87 bits per heavy atom. The number of phenols is 1. The molecular weight excluding hydrogens is 290 g/mol. The van der Waals surface area contributed by atoms with Crippen molar-refractivity contribution in [1.82, 2.24) is 5.32 Å². The summed E-state index contributed by atoms with van der Waals surface area (Å²) in [6, 6.07) is 15.0. The van der Waals surface area contributed by atoms with Gasteiger partial charge >= 0.3 is 0 Å². The van der Waals surface area contributed by atoms with Crippen LogP contribution in [0.25, 0.3) is 0 Å². The highest BCUT2D eigenvalue weighted by Crippen LogP contribution is 2.37. The smallest absolute Gasteiger partial charge is 0.224 e. The average Bonchev–Trinajstić information content (AvgIpc) is 2.56. The van der Waals surface area contributed by atoms with Crippen LogP contribution >= 0.6 is 0 Å². The fourth-order valence-corrected chi connectivity index (χ4v) is 2.98. The van der Waals surface area contributed by atoms with Gasteiger partial charge in [-0.15, -0.1) is 0 Å². The number of fused-ring (bicyclic) bond motifs is 1. The molecule has 2 aromatic carbocycles. The molecule has 1 aliphatic heterocycles. The lowest BCUT2D eigenvalue weighted by atomic mass is 9.90. The number of aromatic hydroxyl groups is 1. The van der Waals surface area contributed by atoms with Crippen LogP contribution < -0.4 is 10.1 Å². The summed E-state index contributed by atoms with van der Waals surface area (Å²) in [4.78, 5) is 12.0. The molecule has 4 heteroatoms. The van der Waals surface area contributed by atoms with Gasteiger partial charge in [-0.3, -0.25) is 4.79 Å². The summed E-state index contributed by atoms with van der Waals surface area (Å²) in [5.74, 6) is 1.45. The molecule has 0 radical (unpaired) electrons. The first-order valence-corrected chi connectivity index (χ1v) is 7.99. The van der Waals surface area contributed by atoms with E-state index >= 15 is 0 Å². The number of nitrogens with one attached hydrogen (secondary N) is 1. The summed E-state index contributed by atoms with van der Waals surface area (Å²) in [5.41, 5.74) is 2.06. The zero-order chi connectivity index (χ0) is 16.1. The number of ether oxygens (including phenoxy) is 1. The van der Waals surface area contributed by atoms with E-state index in [1.807, 2.05) is 36.4 Å². The van der Waals surface area contributed by atoms with E-state index in [0.29, 0.717) is 25.5 Å². The third-order valence-electron chi connectivity index (χ3n) is 4.18. The SMILES string of the molecule is O=C(Cc1ccccc1)NCCC1CCOc2ccc(O)cc21. The average molecular weight is 311 g/mol. The molecule has 0 saturated heterocycles. The van der Waals surface area contributed by atoms with Gasteiger partial charge in [-0.2, -0.15) is 0 Å². The predicted molar refractivity (Wildman–Crippen MR) is 88.7 cm³/mol. The molecule has 0 fully saturated rings. The highest BCUT2D eigenvalue weighted by molar-refractivity contribution is 5.78. The van der Waals surface area contributed by atoms with E-state index in [-0.39, 0.29) is 11.7 Å². The van der Waals surface area contributed by atoms with E-state index in [4.69, 9.17) is 4.74 Å². The van der Waals surface area contributed by atoms with Gasteiger partial charge in [0.05, 0.1) is 13.0 Å². The van der Waals surface area contributed by atoms with Crippen LogP contribution in [-0.4, -0.2) is 24.2 Å². The number of rotatable bonds is 5. The van der Waals surface area contributed by atoms with Gasteiger partial charge in [-0.25, -0.2) is 0 Å². The molecule has 120 valence electrons. The van der Waals surface area contributed by atoms with Crippen molar-refractivity contribution < 1.29 is 14.6 Å². The van der Waals surface area contributed by atoms with Gasteiger partial charge in [0.15, 0.2) is 0 Å². The normalized spacial score (nSPS) is 16.3. The zero-order valence-electron chi connectivity index (χ0n) is 13.0. The molecule has 2 aromatic rings. The summed E-state index contributed by atoms with van der Waals surface area (Å²) in [6.45, 7) is 1.31. The first-order chi connectivity index (χ1) is 11.2. The second kappa shape index (κ2) is 7.18.